The third-order valence-electron chi connectivity index (χ3n) is 4.07. The molecule has 1 fully saturated rings. The van der Waals surface area contributed by atoms with Crippen LogP contribution in [0.4, 0.5) is 4.39 Å². The maximum Gasteiger partial charge on any atom is 0.251 e. The number of nitrogens with one attached hydrogen (secondary N) is 1. The van der Waals surface area contributed by atoms with E-state index in [-0.39, 0.29) is 18.1 Å². The Bertz CT molecular complexity index is 709. The lowest BCUT2D eigenvalue weighted by Crippen LogP contribution is -2.43. The Labute approximate surface area is 138 Å². The molecule has 2 aromatic rings. The summed E-state index contributed by atoms with van der Waals surface area (Å²) >= 11 is 0. The van der Waals surface area contributed by atoms with Gasteiger partial charge in [-0.3, -0.25) is 4.79 Å². The van der Waals surface area contributed by atoms with Crippen molar-refractivity contribution < 1.29 is 24.1 Å². The Morgan fingerprint density at radius 3 is 2.54 bits per heavy atom. The molecule has 1 amide bonds. The average molecular weight is 331 g/mol. The summed E-state index contributed by atoms with van der Waals surface area (Å²) in [7, 11) is 0. The molecular weight excluding hydrogens is 313 g/mol. The number of benzene rings is 2. The first-order valence-electron chi connectivity index (χ1n) is 7.69. The van der Waals surface area contributed by atoms with Crippen molar-refractivity contribution in [3.8, 4) is 5.75 Å². The number of rotatable bonds is 4. The lowest BCUT2D eigenvalue weighted by Gasteiger charge is -2.18. The number of halogens is 1. The van der Waals surface area contributed by atoms with Crippen LogP contribution in [0.1, 0.15) is 16.8 Å². The van der Waals surface area contributed by atoms with Crippen molar-refractivity contribution in [3.05, 3.63) is 66.0 Å². The highest BCUT2D eigenvalue weighted by molar-refractivity contribution is 5.94. The molecule has 3 rings (SSSR count). The third kappa shape index (κ3) is 3.55. The minimum Gasteiger partial charge on any atom is -0.487 e. The topological polar surface area (TPSA) is 78.8 Å². The van der Waals surface area contributed by atoms with E-state index in [0.29, 0.717) is 5.56 Å². The molecule has 0 aliphatic heterocycles. The van der Waals surface area contributed by atoms with Crippen LogP contribution >= 0.6 is 0 Å². The Kier molecular flexibility index (Phi) is 4.78. The smallest absolute Gasteiger partial charge is 0.251 e. The van der Waals surface area contributed by atoms with Gasteiger partial charge >= 0.3 is 0 Å². The highest BCUT2D eigenvalue weighted by atomic mass is 19.1. The maximum absolute atomic E-state index is 13.2. The molecule has 1 aliphatic rings. The second-order valence-electron chi connectivity index (χ2n) is 5.78. The number of hydrogen-bond donors (Lipinski definition) is 3. The molecule has 0 bridgehead atoms. The second kappa shape index (κ2) is 6.98. The highest BCUT2D eigenvalue weighted by Gasteiger charge is 2.43. The summed E-state index contributed by atoms with van der Waals surface area (Å²) < 4.78 is 18.8. The van der Waals surface area contributed by atoms with E-state index < -0.39 is 30.2 Å². The van der Waals surface area contributed by atoms with Gasteiger partial charge in [-0.05, 0) is 24.3 Å². The molecule has 1 saturated carbocycles. The monoisotopic (exact) mass is 331 g/mol. The Balaban J connectivity index is 1.65. The summed E-state index contributed by atoms with van der Waals surface area (Å²) in [5.41, 5.74) is 0.466. The molecule has 5 nitrogen and oxygen atoms in total. The van der Waals surface area contributed by atoms with E-state index in [4.69, 9.17) is 4.74 Å². The zero-order valence-electron chi connectivity index (χ0n) is 12.8. The normalized spacial score (nSPS) is 26.1. The van der Waals surface area contributed by atoms with Crippen LogP contribution in [-0.4, -0.2) is 40.5 Å². The van der Waals surface area contributed by atoms with Crippen LogP contribution in [0, 0.1) is 5.82 Å². The fourth-order valence-electron chi connectivity index (χ4n) is 2.81. The minimum absolute atomic E-state index is 0.220. The summed E-state index contributed by atoms with van der Waals surface area (Å²) in [5.74, 6) is -0.519. The van der Waals surface area contributed by atoms with Gasteiger partial charge in [0.25, 0.3) is 5.91 Å². The molecule has 0 unspecified atom stereocenters. The van der Waals surface area contributed by atoms with Crippen molar-refractivity contribution in [1.82, 2.24) is 5.32 Å². The van der Waals surface area contributed by atoms with Gasteiger partial charge < -0.3 is 20.3 Å². The van der Waals surface area contributed by atoms with Gasteiger partial charge in [0.15, 0.2) is 0 Å². The van der Waals surface area contributed by atoms with E-state index in [0.717, 1.165) is 0 Å². The highest BCUT2D eigenvalue weighted by Crippen LogP contribution is 2.26. The minimum atomic E-state index is -1.17. The van der Waals surface area contributed by atoms with Gasteiger partial charge in [0.1, 0.15) is 29.9 Å². The largest absolute Gasteiger partial charge is 0.487 e. The van der Waals surface area contributed by atoms with Crippen LogP contribution in [0.25, 0.3) is 0 Å². The fourth-order valence-corrected chi connectivity index (χ4v) is 2.81. The van der Waals surface area contributed by atoms with E-state index >= 15 is 0 Å². The number of aliphatic hydroxyl groups is 2. The van der Waals surface area contributed by atoms with Crippen molar-refractivity contribution >= 4 is 5.91 Å². The molecule has 6 heteroatoms. The SMILES string of the molecule is O=C(N[C@@H]1C[C@@H](Oc2cccc(F)c2)[C@H](O)[C@H]1O)c1ccccc1. The van der Waals surface area contributed by atoms with Gasteiger partial charge in [-0.2, -0.15) is 0 Å². The van der Waals surface area contributed by atoms with Gasteiger partial charge in [0.2, 0.25) is 0 Å². The van der Waals surface area contributed by atoms with Crippen LogP contribution < -0.4 is 10.1 Å². The second-order valence-corrected chi connectivity index (χ2v) is 5.78. The summed E-state index contributed by atoms with van der Waals surface area (Å²) in [5, 5.41) is 23.0. The number of carbonyl (C=O) groups excluding carboxylic acids is 1. The summed E-state index contributed by atoms with van der Waals surface area (Å²) in [4.78, 5) is 12.2. The van der Waals surface area contributed by atoms with Crippen LogP contribution in [0.3, 0.4) is 0 Å². The van der Waals surface area contributed by atoms with E-state index in [9.17, 15) is 19.4 Å². The zero-order chi connectivity index (χ0) is 17.1. The molecule has 0 radical (unpaired) electrons. The number of hydrogen-bond acceptors (Lipinski definition) is 4. The number of amides is 1. The van der Waals surface area contributed by atoms with Gasteiger partial charge in [0, 0.05) is 18.1 Å². The van der Waals surface area contributed by atoms with E-state index in [1.165, 1.54) is 18.2 Å². The van der Waals surface area contributed by atoms with Crippen molar-refractivity contribution in [2.75, 3.05) is 0 Å². The molecular formula is C18H18FNO4. The van der Waals surface area contributed by atoms with Gasteiger partial charge in [0.05, 0.1) is 6.04 Å². The molecule has 24 heavy (non-hydrogen) atoms. The van der Waals surface area contributed by atoms with Crippen LogP contribution in [0.15, 0.2) is 54.6 Å². The number of aliphatic hydroxyl groups excluding tert-OH is 2. The predicted octanol–water partition coefficient (Wildman–Crippen LogP) is 1.50. The molecule has 0 spiro atoms. The Hall–Kier alpha value is -2.44. The van der Waals surface area contributed by atoms with Gasteiger partial charge in [-0.15, -0.1) is 0 Å². The molecule has 126 valence electrons. The van der Waals surface area contributed by atoms with Crippen molar-refractivity contribution in [1.29, 1.82) is 0 Å². The van der Waals surface area contributed by atoms with Gasteiger partial charge in [-0.25, -0.2) is 4.39 Å². The van der Waals surface area contributed by atoms with Crippen LogP contribution in [0.2, 0.25) is 0 Å². The molecule has 1 aliphatic carbocycles. The third-order valence-corrected chi connectivity index (χ3v) is 4.07. The van der Waals surface area contributed by atoms with E-state index in [1.807, 2.05) is 0 Å². The lowest BCUT2D eigenvalue weighted by atomic mass is 10.1. The van der Waals surface area contributed by atoms with Crippen LogP contribution in [-0.2, 0) is 0 Å². The summed E-state index contributed by atoms with van der Waals surface area (Å²) in [6.07, 6.45) is -2.84. The molecule has 0 heterocycles. The molecule has 3 N–H and O–H groups in total. The van der Waals surface area contributed by atoms with Gasteiger partial charge in [-0.1, -0.05) is 24.3 Å². The van der Waals surface area contributed by atoms with E-state index in [2.05, 4.69) is 5.32 Å². The first-order valence-corrected chi connectivity index (χ1v) is 7.69. The van der Waals surface area contributed by atoms with Crippen molar-refractivity contribution in [2.24, 2.45) is 0 Å². The number of ether oxygens (including phenoxy) is 1. The average Bonchev–Trinajstić information content (AvgIpc) is 2.84. The van der Waals surface area contributed by atoms with Crippen LogP contribution in [0.5, 0.6) is 5.75 Å². The standard InChI is InChI=1S/C18H18FNO4/c19-12-7-4-8-13(9-12)24-15-10-14(16(21)17(15)22)20-18(23)11-5-2-1-3-6-11/h1-9,14-17,21-22H,10H2,(H,20,23)/t14-,15-,16+,17+/m1/s1. The molecule has 2 aromatic carbocycles. The fraction of sp³-hybridized carbons (Fsp3) is 0.278. The zero-order valence-corrected chi connectivity index (χ0v) is 12.8. The van der Waals surface area contributed by atoms with Crippen molar-refractivity contribution in [3.63, 3.8) is 0 Å². The number of carbonyl (C=O) groups is 1. The Morgan fingerprint density at radius 1 is 1.08 bits per heavy atom. The quantitative estimate of drug-likeness (QED) is 0.793. The summed E-state index contributed by atoms with van der Waals surface area (Å²) in [6, 6.07) is 13.5. The maximum atomic E-state index is 13.2. The lowest BCUT2D eigenvalue weighted by molar-refractivity contribution is -0.0135. The summed E-state index contributed by atoms with van der Waals surface area (Å²) in [6.45, 7) is 0. The first-order chi connectivity index (χ1) is 11.5. The predicted molar refractivity (Wildman–Crippen MR) is 85.1 cm³/mol. The molecule has 4 atom stereocenters. The first kappa shape index (κ1) is 16.4. The van der Waals surface area contributed by atoms with E-state index in [1.54, 1.807) is 36.4 Å². The van der Waals surface area contributed by atoms with Crippen molar-refractivity contribution in [2.45, 2.75) is 30.8 Å². The molecule has 0 aromatic heterocycles. The Morgan fingerprint density at radius 2 is 1.83 bits per heavy atom. The molecule has 0 saturated heterocycles.